The van der Waals surface area contributed by atoms with Gasteiger partial charge in [-0.05, 0) is 24.3 Å². The lowest BCUT2D eigenvalue weighted by Crippen LogP contribution is -2.32. The van der Waals surface area contributed by atoms with Crippen molar-refractivity contribution in [3.05, 3.63) is 42.4 Å². The minimum Gasteiger partial charge on any atom is -0.439 e. The van der Waals surface area contributed by atoms with Gasteiger partial charge in [-0.3, -0.25) is 0 Å². The van der Waals surface area contributed by atoms with Crippen molar-refractivity contribution >= 4 is 12.6 Å². The van der Waals surface area contributed by atoms with Crippen LogP contribution in [0.2, 0.25) is 0 Å². The fourth-order valence-corrected chi connectivity index (χ4v) is 1.42. The van der Waals surface area contributed by atoms with E-state index in [0.29, 0.717) is 0 Å². The fraction of sp³-hybridized carbons (Fsp3) is 0.0909. The second-order valence-electron chi connectivity index (χ2n) is 3.78. The average molecular weight is 284 g/mol. The van der Waals surface area contributed by atoms with Crippen LogP contribution in [-0.4, -0.2) is 27.1 Å². The van der Waals surface area contributed by atoms with Crippen LogP contribution in [0.3, 0.4) is 0 Å². The molecule has 0 saturated heterocycles. The molecule has 0 fully saturated rings. The number of benzene rings is 1. The van der Waals surface area contributed by atoms with Crippen LogP contribution in [0.25, 0.3) is 0 Å². The highest BCUT2D eigenvalue weighted by Gasteiger charge is 2.30. The molecule has 2 aromatic rings. The third-order valence-corrected chi connectivity index (χ3v) is 2.38. The third kappa shape index (κ3) is 3.25. The van der Waals surface area contributed by atoms with Crippen molar-refractivity contribution in [1.29, 1.82) is 0 Å². The zero-order valence-corrected chi connectivity index (χ0v) is 9.87. The standard InChI is InChI=1S/C11H8BF3N2O3/c13-11(14,15)7-1-3-8(4-2-7)20-10-9(12(18)19)5-16-6-17-10/h1-6,18-19H. The van der Waals surface area contributed by atoms with Crippen molar-refractivity contribution in [2.75, 3.05) is 0 Å². The molecule has 0 radical (unpaired) electrons. The number of rotatable bonds is 3. The number of aromatic nitrogens is 2. The molecule has 5 nitrogen and oxygen atoms in total. The van der Waals surface area contributed by atoms with E-state index in [1.165, 1.54) is 0 Å². The number of alkyl halides is 3. The van der Waals surface area contributed by atoms with Crippen molar-refractivity contribution in [2.24, 2.45) is 0 Å². The zero-order chi connectivity index (χ0) is 14.8. The van der Waals surface area contributed by atoms with Gasteiger partial charge in [-0.1, -0.05) is 0 Å². The topological polar surface area (TPSA) is 75.5 Å². The molecule has 0 bridgehead atoms. The summed E-state index contributed by atoms with van der Waals surface area (Å²) >= 11 is 0. The Morgan fingerprint density at radius 1 is 1.10 bits per heavy atom. The SMILES string of the molecule is OB(O)c1cncnc1Oc1ccc(C(F)(F)F)cc1. The van der Waals surface area contributed by atoms with Crippen molar-refractivity contribution in [3.63, 3.8) is 0 Å². The van der Waals surface area contributed by atoms with Gasteiger partial charge >= 0.3 is 13.3 Å². The van der Waals surface area contributed by atoms with Crippen LogP contribution in [0.5, 0.6) is 11.6 Å². The van der Waals surface area contributed by atoms with Crippen molar-refractivity contribution in [2.45, 2.75) is 6.18 Å². The summed E-state index contributed by atoms with van der Waals surface area (Å²) in [4.78, 5) is 7.29. The smallest absolute Gasteiger partial charge is 0.439 e. The first-order chi connectivity index (χ1) is 9.38. The van der Waals surface area contributed by atoms with E-state index in [2.05, 4.69) is 9.97 Å². The molecule has 0 unspecified atom stereocenters. The molecule has 1 heterocycles. The van der Waals surface area contributed by atoms with Crippen LogP contribution in [0, 0.1) is 0 Å². The molecule has 104 valence electrons. The third-order valence-electron chi connectivity index (χ3n) is 2.38. The Kier molecular flexibility index (Phi) is 3.91. The lowest BCUT2D eigenvalue weighted by molar-refractivity contribution is -0.137. The van der Waals surface area contributed by atoms with Crippen LogP contribution in [0.1, 0.15) is 5.56 Å². The fourth-order valence-electron chi connectivity index (χ4n) is 1.42. The average Bonchev–Trinajstić information content (AvgIpc) is 2.38. The number of ether oxygens (including phenoxy) is 1. The first-order valence-electron chi connectivity index (χ1n) is 5.39. The Bertz CT molecular complexity index is 590. The highest BCUT2D eigenvalue weighted by atomic mass is 19.4. The van der Waals surface area contributed by atoms with Crippen LogP contribution in [0.15, 0.2) is 36.8 Å². The molecule has 0 aliphatic rings. The van der Waals surface area contributed by atoms with E-state index in [1.807, 2.05) is 0 Å². The summed E-state index contributed by atoms with van der Waals surface area (Å²) in [7, 11) is -1.85. The van der Waals surface area contributed by atoms with E-state index in [0.717, 1.165) is 36.8 Å². The van der Waals surface area contributed by atoms with Gasteiger partial charge in [-0.2, -0.15) is 13.2 Å². The van der Waals surface area contributed by atoms with Crippen LogP contribution >= 0.6 is 0 Å². The first-order valence-corrected chi connectivity index (χ1v) is 5.39. The monoisotopic (exact) mass is 284 g/mol. The molecule has 1 aromatic heterocycles. The molecule has 9 heteroatoms. The van der Waals surface area contributed by atoms with Gasteiger partial charge in [0.2, 0.25) is 5.88 Å². The summed E-state index contributed by atoms with van der Waals surface area (Å²) in [6.45, 7) is 0. The molecule has 0 saturated carbocycles. The van der Waals surface area contributed by atoms with Gasteiger partial charge < -0.3 is 14.8 Å². The molecule has 20 heavy (non-hydrogen) atoms. The molecule has 1 aromatic carbocycles. The number of hydrogen-bond donors (Lipinski definition) is 2. The molecule has 0 aliphatic heterocycles. The van der Waals surface area contributed by atoms with E-state index in [1.54, 1.807) is 0 Å². The van der Waals surface area contributed by atoms with Crippen molar-refractivity contribution in [3.8, 4) is 11.6 Å². The van der Waals surface area contributed by atoms with Gasteiger partial charge in [0, 0.05) is 6.20 Å². The Hall–Kier alpha value is -2.13. The summed E-state index contributed by atoms with van der Waals surface area (Å²) in [5, 5.41) is 18.2. The Morgan fingerprint density at radius 2 is 1.75 bits per heavy atom. The minimum absolute atomic E-state index is 0.0820. The quantitative estimate of drug-likeness (QED) is 0.821. The summed E-state index contributed by atoms with van der Waals surface area (Å²) in [5.74, 6) is -0.0617. The second kappa shape index (κ2) is 5.47. The minimum atomic E-state index is -4.43. The number of hydrogen-bond acceptors (Lipinski definition) is 5. The van der Waals surface area contributed by atoms with Gasteiger partial charge in [-0.15, -0.1) is 0 Å². The first kappa shape index (κ1) is 14.3. The van der Waals surface area contributed by atoms with E-state index >= 15 is 0 Å². The maximum absolute atomic E-state index is 12.4. The van der Waals surface area contributed by atoms with Crippen molar-refractivity contribution in [1.82, 2.24) is 9.97 Å². The normalized spacial score (nSPS) is 11.2. The molecule has 0 atom stereocenters. The van der Waals surface area contributed by atoms with Gasteiger partial charge in [0.25, 0.3) is 0 Å². The highest BCUT2D eigenvalue weighted by molar-refractivity contribution is 6.59. The largest absolute Gasteiger partial charge is 0.495 e. The molecular formula is C11H8BF3N2O3. The molecule has 2 rings (SSSR count). The molecule has 0 spiro atoms. The maximum atomic E-state index is 12.4. The summed E-state index contributed by atoms with van der Waals surface area (Å²) in [5.41, 5.74) is -0.901. The molecular weight excluding hydrogens is 276 g/mol. The van der Waals surface area contributed by atoms with Crippen molar-refractivity contribution < 1.29 is 28.0 Å². The van der Waals surface area contributed by atoms with Crippen LogP contribution in [0.4, 0.5) is 13.2 Å². The van der Waals surface area contributed by atoms with Gasteiger partial charge in [0.1, 0.15) is 12.1 Å². The van der Waals surface area contributed by atoms with Crippen LogP contribution < -0.4 is 10.2 Å². The lowest BCUT2D eigenvalue weighted by atomic mass is 9.82. The predicted octanol–water partition coefficient (Wildman–Crippen LogP) is 0.967. The zero-order valence-electron chi connectivity index (χ0n) is 9.87. The van der Waals surface area contributed by atoms with E-state index in [-0.39, 0.29) is 17.1 Å². The Morgan fingerprint density at radius 3 is 2.30 bits per heavy atom. The summed E-state index contributed by atoms with van der Waals surface area (Å²) in [6.07, 6.45) is -2.18. The maximum Gasteiger partial charge on any atom is 0.495 e. The predicted molar refractivity (Wildman–Crippen MR) is 63.4 cm³/mol. The van der Waals surface area contributed by atoms with Gasteiger partial charge in [0.05, 0.1) is 11.0 Å². The highest BCUT2D eigenvalue weighted by Crippen LogP contribution is 2.30. The summed E-state index contributed by atoms with van der Waals surface area (Å²) < 4.78 is 42.4. The molecule has 0 aliphatic carbocycles. The van der Waals surface area contributed by atoms with E-state index < -0.39 is 18.9 Å². The van der Waals surface area contributed by atoms with Gasteiger partial charge in [-0.25, -0.2) is 9.97 Å². The number of nitrogens with zero attached hydrogens (tertiary/aromatic N) is 2. The van der Waals surface area contributed by atoms with Gasteiger partial charge in [0.15, 0.2) is 0 Å². The molecule has 2 N–H and O–H groups in total. The number of halogens is 3. The van der Waals surface area contributed by atoms with E-state index in [4.69, 9.17) is 14.8 Å². The Balaban J connectivity index is 2.23. The lowest BCUT2D eigenvalue weighted by Gasteiger charge is -2.10. The summed E-state index contributed by atoms with van der Waals surface area (Å²) in [6, 6.07) is 3.92. The second-order valence-corrected chi connectivity index (χ2v) is 3.78. The molecule has 0 amide bonds. The van der Waals surface area contributed by atoms with Crippen LogP contribution in [-0.2, 0) is 6.18 Å². The van der Waals surface area contributed by atoms with E-state index in [9.17, 15) is 13.2 Å². The Labute approximate surface area is 111 Å².